The van der Waals surface area contributed by atoms with Gasteiger partial charge in [-0.15, -0.1) is 0 Å². The van der Waals surface area contributed by atoms with Crippen LogP contribution in [0, 0.1) is 12.7 Å². The van der Waals surface area contributed by atoms with Crippen LogP contribution in [0.4, 0.5) is 10.1 Å². The lowest BCUT2D eigenvalue weighted by atomic mass is 10.2. The van der Waals surface area contributed by atoms with E-state index in [1.54, 1.807) is 19.1 Å². The number of nitrogens with one attached hydrogen (secondary N) is 1. The first-order valence-electron chi connectivity index (χ1n) is 5.12. The van der Waals surface area contributed by atoms with Crippen LogP contribution in [-0.2, 0) is 0 Å². The highest BCUT2D eigenvalue weighted by Gasteiger charge is 2.12. The van der Waals surface area contributed by atoms with Gasteiger partial charge in [0.25, 0.3) is 5.91 Å². The molecule has 1 N–H and O–H groups in total. The maximum absolute atomic E-state index is 13.5. The highest BCUT2D eigenvalue weighted by molar-refractivity contribution is 6.29. The minimum absolute atomic E-state index is 0.0713. The van der Waals surface area contributed by atoms with Crippen LogP contribution in [-0.4, -0.2) is 15.9 Å². The van der Waals surface area contributed by atoms with Crippen molar-refractivity contribution in [3.05, 3.63) is 52.8 Å². The number of hydrogen-bond donors (Lipinski definition) is 1. The lowest BCUT2D eigenvalue weighted by Crippen LogP contribution is -2.15. The van der Waals surface area contributed by atoms with E-state index < -0.39 is 11.7 Å². The summed E-state index contributed by atoms with van der Waals surface area (Å²) in [5.41, 5.74) is 0.839. The van der Waals surface area contributed by atoms with Gasteiger partial charge in [-0.3, -0.25) is 4.79 Å². The van der Waals surface area contributed by atoms with Crippen molar-refractivity contribution in [3.63, 3.8) is 0 Å². The summed E-state index contributed by atoms with van der Waals surface area (Å²) < 4.78 is 13.5. The molecule has 92 valence electrons. The first-order chi connectivity index (χ1) is 8.58. The molecule has 0 radical (unpaired) electrons. The van der Waals surface area contributed by atoms with Gasteiger partial charge in [-0.05, 0) is 18.6 Å². The monoisotopic (exact) mass is 265 g/mol. The second-order valence-electron chi connectivity index (χ2n) is 3.61. The van der Waals surface area contributed by atoms with E-state index in [0.717, 1.165) is 0 Å². The molecule has 1 aromatic carbocycles. The topological polar surface area (TPSA) is 54.9 Å². The van der Waals surface area contributed by atoms with Gasteiger partial charge in [0.05, 0.1) is 18.1 Å². The summed E-state index contributed by atoms with van der Waals surface area (Å²) in [6.07, 6.45) is 2.48. The molecule has 0 aliphatic heterocycles. The molecule has 6 heteroatoms. The maximum atomic E-state index is 13.5. The molecule has 0 fully saturated rings. The van der Waals surface area contributed by atoms with Crippen molar-refractivity contribution >= 4 is 23.2 Å². The van der Waals surface area contributed by atoms with Crippen molar-refractivity contribution in [2.75, 3.05) is 5.32 Å². The first-order valence-corrected chi connectivity index (χ1v) is 5.50. The molecule has 1 heterocycles. The molecular weight excluding hydrogens is 257 g/mol. The lowest BCUT2D eigenvalue weighted by Gasteiger charge is -2.08. The predicted octanol–water partition coefficient (Wildman–Crippen LogP) is 2.83. The largest absolute Gasteiger partial charge is 0.318 e. The van der Waals surface area contributed by atoms with Crippen molar-refractivity contribution < 1.29 is 9.18 Å². The van der Waals surface area contributed by atoms with Crippen LogP contribution in [0.3, 0.4) is 0 Å². The summed E-state index contributed by atoms with van der Waals surface area (Å²) in [6, 6.07) is 4.55. The molecule has 0 aliphatic carbocycles. The Balaban J connectivity index is 2.24. The Labute approximate surface area is 108 Å². The predicted molar refractivity (Wildman–Crippen MR) is 66.1 cm³/mol. The summed E-state index contributed by atoms with van der Waals surface area (Å²) in [7, 11) is 0. The quantitative estimate of drug-likeness (QED) is 0.908. The summed E-state index contributed by atoms with van der Waals surface area (Å²) in [5.74, 6) is -1.03. The number of carbonyl (C=O) groups excluding carboxylic acids is 1. The van der Waals surface area contributed by atoms with Crippen molar-refractivity contribution in [2.45, 2.75) is 6.92 Å². The Morgan fingerprint density at radius 3 is 2.72 bits per heavy atom. The molecule has 1 aromatic heterocycles. The van der Waals surface area contributed by atoms with E-state index in [0.29, 0.717) is 5.56 Å². The van der Waals surface area contributed by atoms with Gasteiger partial charge in [0.1, 0.15) is 16.7 Å². The Morgan fingerprint density at radius 1 is 1.33 bits per heavy atom. The van der Waals surface area contributed by atoms with E-state index in [9.17, 15) is 9.18 Å². The molecule has 0 bridgehead atoms. The smallest absolute Gasteiger partial charge is 0.275 e. The van der Waals surface area contributed by atoms with Gasteiger partial charge < -0.3 is 5.32 Å². The number of hydrogen-bond acceptors (Lipinski definition) is 3. The number of anilines is 1. The van der Waals surface area contributed by atoms with Gasteiger partial charge in [0, 0.05) is 0 Å². The fourth-order valence-electron chi connectivity index (χ4n) is 1.40. The lowest BCUT2D eigenvalue weighted by molar-refractivity contribution is 0.102. The van der Waals surface area contributed by atoms with Crippen molar-refractivity contribution in [2.24, 2.45) is 0 Å². The summed E-state index contributed by atoms with van der Waals surface area (Å²) in [6.45, 7) is 1.70. The zero-order valence-corrected chi connectivity index (χ0v) is 10.2. The van der Waals surface area contributed by atoms with E-state index in [2.05, 4.69) is 15.3 Å². The molecule has 18 heavy (non-hydrogen) atoms. The molecule has 0 spiro atoms. The number of amides is 1. The van der Waals surface area contributed by atoms with Gasteiger partial charge in [-0.1, -0.05) is 23.7 Å². The molecule has 0 saturated heterocycles. The van der Waals surface area contributed by atoms with Crippen LogP contribution in [0.5, 0.6) is 0 Å². The van der Waals surface area contributed by atoms with Crippen LogP contribution in [0.1, 0.15) is 16.1 Å². The van der Waals surface area contributed by atoms with Gasteiger partial charge >= 0.3 is 0 Å². The average molecular weight is 266 g/mol. The standard InChI is InChI=1S/C12H9ClFN3O/c1-7-3-2-4-8(14)11(7)17-12(18)9-5-16-10(13)6-15-9/h2-6H,1H3,(H,17,18). The number of nitrogens with zero attached hydrogens (tertiary/aromatic N) is 2. The number of para-hydroxylation sites is 1. The second-order valence-corrected chi connectivity index (χ2v) is 4.00. The summed E-state index contributed by atoms with van der Waals surface area (Å²) in [4.78, 5) is 19.3. The molecule has 0 aliphatic rings. The van der Waals surface area contributed by atoms with Crippen LogP contribution in [0.25, 0.3) is 0 Å². The second kappa shape index (κ2) is 5.10. The summed E-state index contributed by atoms with van der Waals surface area (Å²) >= 11 is 5.56. The number of aromatic nitrogens is 2. The fourth-order valence-corrected chi connectivity index (χ4v) is 1.49. The van der Waals surface area contributed by atoms with Crippen LogP contribution in [0.15, 0.2) is 30.6 Å². The molecule has 0 saturated carbocycles. The van der Waals surface area contributed by atoms with Crippen LogP contribution in [0.2, 0.25) is 5.15 Å². The van der Waals surface area contributed by atoms with Crippen molar-refractivity contribution in [1.82, 2.24) is 9.97 Å². The van der Waals surface area contributed by atoms with Crippen LogP contribution >= 0.6 is 11.6 Å². The Morgan fingerprint density at radius 2 is 2.11 bits per heavy atom. The molecule has 0 atom stereocenters. The van der Waals surface area contributed by atoms with Gasteiger partial charge in [0.15, 0.2) is 0 Å². The molecule has 1 amide bonds. The van der Waals surface area contributed by atoms with Gasteiger partial charge in [-0.25, -0.2) is 14.4 Å². The Hall–Kier alpha value is -2.01. The molecule has 2 aromatic rings. The maximum Gasteiger partial charge on any atom is 0.275 e. The zero-order chi connectivity index (χ0) is 13.1. The number of benzene rings is 1. The van der Waals surface area contributed by atoms with Gasteiger partial charge in [-0.2, -0.15) is 0 Å². The van der Waals surface area contributed by atoms with E-state index in [1.807, 2.05) is 0 Å². The number of aryl methyl sites for hydroxylation is 1. The molecular formula is C12H9ClFN3O. The number of halogens is 2. The normalized spacial score (nSPS) is 10.2. The van der Waals surface area contributed by atoms with E-state index in [4.69, 9.17) is 11.6 Å². The van der Waals surface area contributed by atoms with Gasteiger partial charge in [0.2, 0.25) is 0 Å². The SMILES string of the molecule is Cc1cccc(F)c1NC(=O)c1cnc(Cl)cn1. The third kappa shape index (κ3) is 2.62. The van der Waals surface area contributed by atoms with E-state index in [-0.39, 0.29) is 16.5 Å². The highest BCUT2D eigenvalue weighted by Crippen LogP contribution is 2.19. The third-order valence-corrected chi connectivity index (χ3v) is 2.51. The Bertz CT molecular complexity index is 566. The van der Waals surface area contributed by atoms with E-state index in [1.165, 1.54) is 18.5 Å². The van der Waals surface area contributed by atoms with Crippen LogP contribution < -0.4 is 5.32 Å². The fraction of sp³-hybridized carbons (Fsp3) is 0.0833. The summed E-state index contributed by atoms with van der Waals surface area (Å²) in [5, 5.41) is 2.64. The number of carbonyl (C=O) groups is 1. The minimum Gasteiger partial charge on any atom is -0.318 e. The molecule has 0 unspecified atom stereocenters. The number of rotatable bonds is 2. The first kappa shape index (κ1) is 12.4. The van der Waals surface area contributed by atoms with Crippen molar-refractivity contribution in [1.29, 1.82) is 0 Å². The Kier molecular flexibility index (Phi) is 3.53. The van der Waals surface area contributed by atoms with E-state index >= 15 is 0 Å². The minimum atomic E-state index is -0.535. The molecule has 4 nitrogen and oxygen atoms in total. The zero-order valence-electron chi connectivity index (χ0n) is 9.45. The highest BCUT2D eigenvalue weighted by atomic mass is 35.5. The third-order valence-electron chi connectivity index (χ3n) is 2.31. The molecule has 2 rings (SSSR count). The van der Waals surface area contributed by atoms with Crippen molar-refractivity contribution in [3.8, 4) is 0 Å². The average Bonchev–Trinajstić information content (AvgIpc) is 2.34.